The van der Waals surface area contributed by atoms with Gasteiger partial charge < -0.3 is 4.74 Å². The molecule has 24 heavy (non-hydrogen) atoms. The Hall–Kier alpha value is -2.32. The first-order valence-electron chi connectivity index (χ1n) is 7.41. The predicted molar refractivity (Wildman–Crippen MR) is 94.9 cm³/mol. The van der Waals surface area contributed by atoms with E-state index in [0.29, 0.717) is 23.1 Å². The number of anilines is 1. The Morgan fingerprint density at radius 3 is 2.67 bits per heavy atom. The summed E-state index contributed by atoms with van der Waals surface area (Å²) in [5.41, 5.74) is 1.45. The van der Waals surface area contributed by atoms with Crippen molar-refractivity contribution >= 4 is 33.7 Å². The Morgan fingerprint density at radius 1 is 1.25 bits per heavy atom. The van der Waals surface area contributed by atoms with E-state index in [4.69, 9.17) is 4.74 Å². The molecule has 0 radical (unpaired) electrons. The highest BCUT2D eigenvalue weighted by atomic mass is 32.1. The van der Waals surface area contributed by atoms with Crippen molar-refractivity contribution in [2.75, 3.05) is 5.32 Å². The van der Waals surface area contributed by atoms with E-state index in [2.05, 4.69) is 20.5 Å². The maximum Gasteiger partial charge on any atom is 0.257 e. The van der Waals surface area contributed by atoms with Gasteiger partial charge in [-0.2, -0.15) is 0 Å². The molecule has 0 aliphatic carbocycles. The van der Waals surface area contributed by atoms with Crippen LogP contribution in [-0.2, 0) is 13.0 Å². The molecule has 0 aliphatic heterocycles. The van der Waals surface area contributed by atoms with Crippen molar-refractivity contribution in [3.63, 3.8) is 0 Å². The van der Waals surface area contributed by atoms with Gasteiger partial charge in [0.15, 0.2) is 0 Å². The Morgan fingerprint density at radius 2 is 2.04 bits per heavy atom. The number of aryl methyl sites for hydroxylation is 2. The predicted octanol–water partition coefficient (Wildman–Crippen LogP) is 3.70. The molecule has 0 fully saturated rings. The van der Waals surface area contributed by atoms with Gasteiger partial charge in [-0.1, -0.05) is 18.3 Å². The largest absolute Gasteiger partial charge is 0.487 e. The SMILES string of the molecule is CCc1nnc(NC(=O)c2ccc(OCc3csc(C)n3)cc2)s1. The van der Waals surface area contributed by atoms with E-state index in [-0.39, 0.29) is 5.91 Å². The van der Waals surface area contributed by atoms with Gasteiger partial charge in [0.25, 0.3) is 5.91 Å². The maximum atomic E-state index is 12.2. The van der Waals surface area contributed by atoms with Crippen molar-refractivity contribution < 1.29 is 9.53 Å². The molecular weight excluding hydrogens is 344 g/mol. The van der Waals surface area contributed by atoms with Crippen LogP contribution in [0.5, 0.6) is 5.75 Å². The molecule has 1 aromatic carbocycles. The maximum absolute atomic E-state index is 12.2. The Labute approximate surface area is 147 Å². The van der Waals surface area contributed by atoms with Gasteiger partial charge in [0, 0.05) is 10.9 Å². The second-order valence-corrected chi connectivity index (χ2v) is 7.10. The molecule has 0 saturated heterocycles. The van der Waals surface area contributed by atoms with Crippen LogP contribution >= 0.6 is 22.7 Å². The van der Waals surface area contributed by atoms with Gasteiger partial charge in [0.2, 0.25) is 5.13 Å². The van der Waals surface area contributed by atoms with Gasteiger partial charge in [0.05, 0.1) is 10.7 Å². The third kappa shape index (κ3) is 4.15. The second kappa shape index (κ2) is 7.50. The van der Waals surface area contributed by atoms with Crippen molar-refractivity contribution in [3.05, 3.63) is 50.9 Å². The number of aromatic nitrogens is 3. The monoisotopic (exact) mass is 360 g/mol. The lowest BCUT2D eigenvalue weighted by molar-refractivity contribution is 0.102. The molecule has 3 aromatic rings. The first-order valence-corrected chi connectivity index (χ1v) is 9.11. The highest BCUT2D eigenvalue weighted by molar-refractivity contribution is 7.15. The van der Waals surface area contributed by atoms with Crippen LogP contribution in [0, 0.1) is 6.92 Å². The van der Waals surface area contributed by atoms with Crippen LogP contribution in [0.3, 0.4) is 0 Å². The van der Waals surface area contributed by atoms with Crippen LogP contribution in [0.15, 0.2) is 29.6 Å². The molecule has 0 bridgehead atoms. The molecule has 0 saturated carbocycles. The van der Waals surface area contributed by atoms with Crippen molar-refractivity contribution in [3.8, 4) is 5.75 Å². The number of carbonyl (C=O) groups excluding carboxylic acids is 1. The van der Waals surface area contributed by atoms with Gasteiger partial charge in [-0.3, -0.25) is 10.1 Å². The van der Waals surface area contributed by atoms with E-state index in [1.165, 1.54) is 11.3 Å². The zero-order chi connectivity index (χ0) is 16.9. The zero-order valence-electron chi connectivity index (χ0n) is 13.3. The summed E-state index contributed by atoms with van der Waals surface area (Å²) in [5.74, 6) is 0.483. The average Bonchev–Trinajstić information content (AvgIpc) is 3.22. The number of benzene rings is 1. The van der Waals surface area contributed by atoms with Gasteiger partial charge in [-0.05, 0) is 37.6 Å². The van der Waals surface area contributed by atoms with Crippen molar-refractivity contribution in [1.82, 2.24) is 15.2 Å². The summed E-state index contributed by atoms with van der Waals surface area (Å²) in [5, 5.41) is 15.1. The Bertz CT molecular complexity index is 827. The third-order valence-electron chi connectivity index (χ3n) is 3.16. The normalized spacial score (nSPS) is 10.6. The number of hydrogen-bond acceptors (Lipinski definition) is 7. The molecule has 1 amide bonds. The lowest BCUT2D eigenvalue weighted by atomic mass is 10.2. The highest BCUT2D eigenvalue weighted by Crippen LogP contribution is 2.18. The molecule has 6 nitrogen and oxygen atoms in total. The number of carbonyl (C=O) groups is 1. The minimum atomic E-state index is -0.213. The molecule has 0 unspecified atom stereocenters. The fourth-order valence-corrected chi connectivity index (χ4v) is 3.22. The number of nitrogens with zero attached hydrogens (tertiary/aromatic N) is 3. The van der Waals surface area contributed by atoms with Crippen molar-refractivity contribution in [2.45, 2.75) is 26.9 Å². The van der Waals surface area contributed by atoms with Gasteiger partial charge >= 0.3 is 0 Å². The summed E-state index contributed by atoms with van der Waals surface area (Å²) in [6.45, 7) is 4.38. The van der Waals surface area contributed by atoms with Crippen LogP contribution < -0.4 is 10.1 Å². The van der Waals surface area contributed by atoms with E-state index < -0.39 is 0 Å². The molecule has 1 N–H and O–H groups in total. The smallest absolute Gasteiger partial charge is 0.257 e. The van der Waals surface area contributed by atoms with Crippen LogP contribution in [0.2, 0.25) is 0 Å². The first kappa shape index (κ1) is 16.5. The van der Waals surface area contributed by atoms with E-state index >= 15 is 0 Å². The number of thiazole rings is 1. The van der Waals surface area contributed by atoms with E-state index in [1.807, 2.05) is 19.2 Å². The molecule has 124 valence electrons. The third-order valence-corrected chi connectivity index (χ3v) is 4.96. The summed E-state index contributed by atoms with van der Waals surface area (Å²) in [4.78, 5) is 16.5. The fourth-order valence-electron chi connectivity index (χ4n) is 1.95. The van der Waals surface area contributed by atoms with Crippen LogP contribution in [0.1, 0.15) is 33.0 Å². The molecule has 0 atom stereocenters. The van der Waals surface area contributed by atoms with E-state index in [9.17, 15) is 4.79 Å². The van der Waals surface area contributed by atoms with E-state index in [0.717, 1.165) is 22.1 Å². The Balaban J connectivity index is 1.57. The number of amides is 1. The standard InChI is InChI=1S/C16H16N4O2S2/c1-3-14-19-20-16(24-14)18-15(21)11-4-6-13(7-5-11)22-8-12-9-23-10(2)17-12/h4-7,9H,3,8H2,1-2H3,(H,18,20,21). The summed E-state index contributed by atoms with van der Waals surface area (Å²) in [6.07, 6.45) is 0.804. The minimum absolute atomic E-state index is 0.213. The number of ether oxygens (including phenoxy) is 1. The Kier molecular flexibility index (Phi) is 5.17. The number of nitrogens with one attached hydrogen (secondary N) is 1. The number of hydrogen-bond donors (Lipinski definition) is 1. The second-order valence-electron chi connectivity index (χ2n) is 4.98. The summed E-state index contributed by atoms with van der Waals surface area (Å²) < 4.78 is 5.67. The number of rotatable bonds is 6. The molecule has 2 aromatic heterocycles. The summed E-state index contributed by atoms with van der Waals surface area (Å²) in [6, 6.07) is 6.98. The van der Waals surface area contributed by atoms with Crippen LogP contribution in [0.25, 0.3) is 0 Å². The van der Waals surface area contributed by atoms with Gasteiger partial charge in [-0.15, -0.1) is 21.5 Å². The molecule has 2 heterocycles. The molecule has 8 heteroatoms. The van der Waals surface area contributed by atoms with Gasteiger partial charge in [0.1, 0.15) is 17.4 Å². The van der Waals surface area contributed by atoms with E-state index in [1.54, 1.807) is 35.6 Å². The fraction of sp³-hybridized carbons (Fsp3) is 0.250. The zero-order valence-corrected chi connectivity index (χ0v) is 14.9. The molecule has 0 aliphatic rings. The summed E-state index contributed by atoms with van der Waals surface area (Å²) in [7, 11) is 0. The molecule has 3 rings (SSSR count). The van der Waals surface area contributed by atoms with Crippen molar-refractivity contribution in [2.24, 2.45) is 0 Å². The van der Waals surface area contributed by atoms with Crippen LogP contribution in [-0.4, -0.2) is 21.1 Å². The minimum Gasteiger partial charge on any atom is -0.487 e. The molecule has 0 spiro atoms. The molecular formula is C16H16N4O2S2. The highest BCUT2D eigenvalue weighted by Gasteiger charge is 2.10. The van der Waals surface area contributed by atoms with Crippen molar-refractivity contribution in [1.29, 1.82) is 0 Å². The lowest BCUT2D eigenvalue weighted by Gasteiger charge is -2.05. The average molecular weight is 360 g/mol. The summed E-state index contributed by atoms with van der Waals surface area (Å²) >= 11 is 2.98. The van der Waals surface area contributed by atoms with Crippen LogP contribution in [0.4, 0.5) is 5.13 Å². The lowest BCUT2D eigenvalue weighted by Crippen LogP contribution is -2.11. The topological polar surface area (TPSA) is 77.0 Å². The first-order chi connectivity index (χ1) is 11.6. The van der Waals surface area contributed by atoms with Gasteiger partial charge in [-0.25, -0.2) is 4.98 Å². The quantitative estimate of drug-likeness (QED) is 0.725.